The van der Waals surface area contributed by atoms with E-state index in [1.807, 2.05) is 43.3 Å². The molecule has 1 aliphatic rings. The number of hydrogen-bond acceptors (Lipinski definition) is 6. The van der Waals surface area contributed by atoms with Crippen molar-refractivity contribution < 1.29 is 19.0 Å². The van der Waals surface area contributed by atoms with Gasteiger partial charge in [0.15, 0.2) is 11.5 Å². The molecule has 0 saturated carbocycles. The Morgan fingerprint density at radius 2 is 1.81 bits per heavy atom. The molecule has 5 nitrogen and oxygen atoms in total. The fourth-order valence-corrected chi connectivity index (χ4v) is 4.51. The zero-order valence-corrected chi connectivity index (χ0v) is 19.9. The Morgan fingerprint density at radius 1 is 1.06 bits per heavy atom. The molecule has 7 heteroatoms. The van der Waals surface area contributed by atoms with E-state index in [-0.39, 0.29) is 5.91 Å². The van der Waals surface area contributed by atoms with E-state index >= 15 is 0 Å². The smallest absolute Gasteiger partial charge is 0.266 e. The van der Waals surface area contributed by atoms with Crippen LogP contribution in [0.25, 0.3) is 6.08 Å². The van der Waals surface area contributed by atoms with Gasteiger partial charge in [-0.15, -0.1) is 0 Å². The lowest BCUT2D eigenvalue weighted by Crippen LogP contribution is -2.27. The molecule has 1 fully saturated rings. The number of methoxy groups -OCH3 is 1. The lowest BCUT2D eigenvalue weighted by Gasteiger charge is -2.13. The second-order valence-electron chi connectivity index (χ2n) is 7.08. The Balaban J connectivity index is 1.57. The highest BCUT2D eigenvalue weighted by atomic mass is 32.2. The normalized spacial score (nSPS) is 15.0. The molecule has 0 unspecified atom stereocenters. The molecule has 1 saturated heterocycles. The van der Waals surface area contributed by atoms with Crippen molar-refractivity contribution in [3.8, 4) is 17.2 Å². The largest absolute Gasteiger partial charge is 0.493 e. The first-order chi connectivity index (χ1) is 14.9. The van der Waals surface area contributed by atoms with Crippen molar-refractivity contribution >= 4 is 40.3 Å². The molecule has 0 N–H and O–H groups in total. The van der Waals surface area contributed by atoms with Crippen LogP contribution in [-0.2, 0) is 4.79 Å². The first-order valence-electron chi connectivity index (χ1n) is 10.2. The standard InChI is InChI=1S/C24H27NO4S2/c1-5-25-23(26)22(31-24(25)30)15-18-10-11-20(21(14-18)27-4)29-13-7-12-28-19-9-6-8-16(2)17(19)3/h6,8-11,14-15H,5,7,12-13H2,1-4H3/b22-15+. The summed E-state index contributed by atoms with van der Waals surface area (Å²) >= 11 is 6.59. The topological polar surface area (TPSA) is 48.0 Å². The molecule has 164 valence electrons. The minimum Gasteiger partial charge on any atom is -0.493 e. The quantitative estimate of drug-likeness (QED) is 0.286. The van der Waals surface area contributed by atoms with Gasteiger partial charge in [0.25, 0.3) is 5.91 Å². The van der Waals surface area contributed by atoms with Gasteiger partial charge in [-0.2, -0.15) is 0 Å². The number of carbonyl (C=O) groups is 1. The maximum Gasteiger partial charge on any atom is 0.266 e. The van der Waals surface area contributed by atoms with Crippen LogP contribution >= 0.6 is 24.0 Å². The van der Waals surface area contributed by atoms with Gasteiger partial charge in [-0.3, -0.25) is 9.69 Å². The Kier molecular flexibility index (Phi) is 7.98. The zero-order valence-electron chi connectivity index (χ0n) is 18.3. The summed E-state index contributed by atoms with van der Waals surface area (Å²) in [6, 6.07) is 11.7. The van der Waals surface area contributed by atoms with Crippen molar-refractivity contribution in [1.29, 1.82) is 0 Å². The summed E-state index contributed by atoms with van der Waals surface area (Å²) in [5.41, 5.74) is 3.24. The van der Waals surface area contributed by atoms with Crippen LogP contribution in [0.15, 0.2) is 41.3 Å². The van der Waals surface area contributed by atoms with E-state index in [4.69, 9.17) is 26.4 Å². The van der Waals surface area contributed by atoms with Crippen LogP contribution in [0.1, 0.15) is 30.0 Å². The summed E-state index contributed by atoms with van der Waals surface area (Å²) in [6.45, 7) is 7.71. The lowest BCUT2D eigenvalue weighted by molar-refractivity contribution is -0.121. The first kappa shape index (κ1) is 23.2. The van der Waals surface area contributed by atoms with Gasteiger partial charge in [-0.05, 0) is 61.7 Å². The van der Waals surface area contributed by atoms with Gasteiger partial charge >= 0.3 is 0 Å². The Morgan fingerprint density at radius 3 is 2.48 bits per heavy atom. The van der Waals surface area contributed by atoms with E-state index in [9.17, 15) is 4.79 Å². The number of rotatable bonds is 9. The molecule has 1 amide bonds. The maximum atomic E-state index is 12.4. The van der Waals surface area contributed by atoms with Crippen molar-refractivity contribution in [2.24, 2.45) is 0 Å². The molecule has 1 heterocycles. The molecule has 0 aromatic heterocycles. The van der Waals surface area contributed by atoms with Crippen LogP contribution in [0.4, 0.5) is 0 Å². The minimum absolute atomic E-state index is 0.0550. The highest BCUT2D eigenvalue weighted by molar-refractivity contribution is 8.26. The number of thiocarbonyl (C=S) groups is 1. The molecule has 0 aliphatic carbocycles. The van der Waals surface area contributed by atoms with Crippen LogP contribution in [0, 0.1) is 13.8 Å². The summed E-state index contributed by atoms with van der Waals surface area (Å²) in [6.07, 6.45) is 2.58. The lowest BCUT2D eigenvalue weighted by atomic mass is 10.1. The molecular weight excluding hydrogens is 430 g/mol. The number of thioether (sulfide) groups is 1. The molecule has 0 spiro atoms. The first-order valence-corrected chi connectivity index (χ1v) is 11.4. The van der Waals surface area contributed by atoms with Crippen LogP contribution in [0.5, 0.6) is 17.2 Å². The van der Waals surface area contributed by atoms with Crippen molar-refractivity contribution in [3.05, 3.63) is 58.0 Å². The SMILES string of the molecule is CCN1C(=O)/C(=C\c2ccc(OCCCOc3cccc(C)c3C)c(OC)c2)SC1=S. The third-order valence-corrected chi connectivity index (χ3v) is 6.41. The summed E-state index contributed by atoms with van der Waals surface area (Å²) in [5, 5.41) is 0. The van der Waals surface area contributed by atoms with Gasteiger partial charge in [0.05, 0.1) is 25.2 Å². The number of ether oxygens (including phenoxy) is 3. The Labute approximate surface area is 193 Å². The Hall–Kier alpha value is -2.51. The predicted molar refractivity (Wildman–Crippen MR) is 130 cm³/mol. The van der Waals surface area contributed by atoms with E-state index in [2.05, 4.69) is 19.9 Å². The zero-order chi connectivity index (χ0) is 22.4. The maximum absolute atomic E-state index is 12.4. The average Bonchev–Trinajstić information content (AvgIpc) is 3.03. The van der Waals surface area contributed by atoms with E-state index in [1.54, 1.807) is 12.0 Å². The molecule has 1 aliphatic heterocycles. The highest BCUT2D eigenvalue weighted by Gasteiger charge is 2.30. The fraction of sp³-hybridized carbons (Fsp3) is 0.333. The summed E-state index contributed by atoms with van der Waals surface area (Å²) in [5.74, 6) is 2.14. The van der Waals surface area contributed by atoms with E-state index in [0.717, 1.165) is 23.3 Å². The van der Waals surface area contributed by atoms with Gasteiger partial charge < -0.3 is 14.2 Å². The monoisotopic (exact) mass is 457 g/mol. The number of benzene rings is 2. The second kappa shape index (κ2) is 10.7. The summed E-state index contributed by atoms with van der Waals surface area (Å²) in [4.78, 5) is 14.6. The Bertz CT molecular complexity index is 1000. The van der Waals surface area contributed by atoms with Crippen molar-refractivity contribution in [2.75, 3.05) is 26.9 Å². The fourth-order valence-electron chi connectivity index (χ4n) is 3.12. The van der Waals surface area contributed by atoms with E-state index < -0.39 is 0 Å². The number of amides is 1. The van der Waals surface area contributed by atoms with Crippen LogP contribution < -0.4 is 14.2 Å². The van der Waals surface area contributed by atoms with Crippen molar-refractivity contribution in [2.45, 2.75) is 27.2 Å². The van der Waals surface area contributed by atoms with Crippen LogP contribution in [0.2, 0.25) is 0 Å². The number of aryl methyl sites for hydroxylation is 1. The third kappa shape index (κ3) is 5.60. The number of hydrogen-bond donors (Lipinski definition) is 0. The van der Waals surface area contributed by atoms with E-state index in [1.165, 1.54) is 17.3 Å². The minimum atomic E-state index is -0.0550. The van der Waals surface area contributed by atoms with Gasteiger partial charge in [0.2, 0.25) is 0 Å². The summed E-state index contributed by atoms with van der Waals surface area (Å²) < 4.78 is 17.8. The van der Waals surface area contributed by atoms with Crippen molar-refractivity contribution in [1.82, 2.24) is 4.90 Å². The van der Waals surface area contributed by atoms with Gasteiger partial charge in [-0.1, -0.05) is 42.2 Å². The van der Waals surface area contributed by atoms with Crippen LogP contribution in [0.3, 0.4) is 0 Å². The predicted octanol–water partition coefficient (Wildman–Crippen LogP) is 5.38. The average molecular weight is 458 g/mol. The molecule has 2 aromatic rings. The van der Waals surface area contributed by atoms with Gasteiger partial charge in [-0.25, -0.2) is 0 Å². The third-order valence-electron chi connectivity index (χ3n) is 5.03. The molecule has 2 aromatic carbocycles. The van der Waals surface area contributed by atoms with E-state index in [0.29, 0.717) is 40.5 Å². The number of likely N-dealkylation sites (N-methyl/N-ethyl adjacent to an activating group) is 1. The second-order valence-corrected chi connectivity index (χ2v) is 8.76. The van der Waals surface area contributed by atoms with Crippen LogP contribution in [-0.4, -0.2) is 42.0 Å². The van der Waals surface area contributed by atoms with Gasteiger partial charge in [0.1, 0.15) is 10.1 Å². The molecular formula is C24H27NO4S2. The highest BCUT2D eigenvalue weighted by Crippen LogP contribution is 2.34. The number of nitrogens with zero attached hydrogens (tertiary/aromatic N) is 1. The molecule has 0 radical (unpaired) electrons. The number of carbonyl (C=O) groups excluding carboxylic acids is 1. The summed E-state index contributed by atoms with van der Waals surface area (Å²) in [7, 11) is 1.60. The van der Waals surface area contributed by atoms with Gasteiger partial charge in [0, 0.05) is 13.0 Å². The van der Waals surface area contributed by atoms with Crippen molar-refractivity contribution in [3.63, 3.8) is 0 Å². The molecule has 3 rings (SSSR count). The molecule has 0 bridgehead atoms. The molecule has 0 atom stereocenters. The molecule has 31 heavy (non-hydrogen) atoms.